The summed E-state index contributed by atoms with van der Waals surface area (Å²) in [5.41, 5.74) is 2.10. The lowest BCUT2D eigenvalue weighted by Crippen LogP contribution is -2.49. The van der Waals surface area contributed by atoms with Gasteiger partial charge in [-0.15, -0.1) is 0 Å². The van der Waals surface area contributed by atoms with Crippen LogP contribution in [0.4, 0.5) is 5.69 Å². The molecule has 2 heterocycles. The van der Waals surface area contributed by atoms with E-state index in [-0.39, 0.29) is 5.91 Å². The molecule has 1 saturated heterocycles. The van der Waals surface area contributed by atoms with E-state index >= 15 is 0 Å². The van der Waals surface area contributed by atoms with Crippen LogP contribution in [0.1, 0.15) is 23.2 Å². The molecule has 0 radical (unpaired) electrons. The van der Waals surface area contributed by atoms with Gasteiger partial charge >= 0.3 is 0 Å². The van der Waals surface area contributed by atoms with Gasteiger partial charge in [0, 0.05) is 49.9 Å². The molecule has 1 unspecified atom stereocenters. The second-order valence-electron chi connectivity index (χ2n) is 8.32. The number of amides is 1. The first-order valence-corrected chi connectivity index (χ1v) is 12.0. The quantitative estimate of drug-likeness (QED) is 0.601. The van der Waals surface area contributed by atoms with E-state index in [1.807, 2.05) is 47.4 Å². The van der Waals surface area contributed by atoms with Gasteiger partial charge in [-0.25, -0.2) is 4.72 Å². The van der Waals surface area contributed by atoms with Gasteiger partial charge in [-0.05, 0) is 55.2 Å². The third-order valence-corrected chi connectivity index (χ3v) is 7.16. The topological polar surface area (TPSA) is 71.5 Å². The van der Waals surface area contributed by atoms with Gasteiger partial charge in [-0.3, -0.25) is 14.7 Å². The largest absolute Gasteiger partial charge is 0.588 e. The molecule has 5 rings (SSSR count). The van der Waals surface area contributed by atoms with E-state index in [0.717, 1.165) is 43.0 Å². The molecule has 2 aromatic carbocycles. The van der Waals surface area contributed by atoms with Gasteiger partial charge in [-0.2, -0.15) is 0 Å². The minimum absolute atomic E-state index is 0.0667. The van der Waals surface area contributed by atoms with Crippen LogP contribution < -0.4 is 4.72 Å². The number of benzene rings is 2. The van der Waals surface area contributed by atoms with Crippen LogP contribution in [0.3, 0.4) is 0 Å². The number of rotatable bonds is 6. The highest BCUT2D eigenvalue weighted by Gasteiger charge is 2.28. The molecule has 3 aromatic rings. The number of nitrogens with one attached hydrogen (secondary N) is 1. The van der Waals surface area contributed by atoms with Crippen molar-refractivity contribution < 1.29 is 9.35 Å². The number of fused-ring (bicyclic) bond motifs is 1. The highest BCUT2D eigenvalue weighted by atomic mass is 32.2. The first-order valence-electron chi connectivity index (χ1n) is 10.8. The molecular weight excluding hydrogens is 408 g/mol. The summed E-state index contributed by atoms with van der Waals surface area (Å²) in [5.74, 6) is 0.953. The highest BCUT2D eigenvalue weighted by Crippen LogP contribution is 2.30. The molecule has 1 amide bonds. The number of nitrogens with zero attached hydrogens (tertiary/aromatic N) is 3. The first kappa shape index (κ1) is 20.3. The number of aromatic nitrogens is 1. The summed E-state index contributed by atoms with van der Waals surface area (Å²) in [6.45, 7) is 4.67. The average Bonchev–Trinajstić information content (AvgIpc) is 3.63. The van der Waals surface area contributed by atoms with Crippen molar-refractivity contribution in [1.82, 2.24) is 14.8 Å². The fourth-order valence-corrected chi connectivity index (χ4v) is 5.06. The van der Waals surface area contributed by atoms with E-state index in [9.17, 15) is 9.35 Å². The van der Waals surface area contributed by atoms with Gasteiger partial charge in [0.15, 0.2) is 0 Å². The van der Waals surface area contributed by atoms with Gasteiger partial charge in [0.2, 0.25) is 4.90 Å². The molecule has 1 aliphatic carbocycles. The molecule has 0 bridgehead atoms. The molecule has 1 aromatic heterocycles. The van der Waals surface area contributed by atoms with Gasteiger partial charge in [0.1, 0.15) is 16.9 Å². The Morgan fingerprint density at radius 1 is 1.03 bits per heavy atom. The van der Waals surface area contributed by atoms with Crippen molar-refractivity contribution in [2.24, 2.45) is 5.92 Å². The number of hydrogen-bond donors (Lipinski definition) is 1. The minimum atomic E-state index is -1.45. The Hall–Kier alpha value is -2.61. The van der Waals surface area contributed by atoms with E-state index in [1.165, 1.54) is 19.4 Å². The maximum absolute atomic E-state index is 12.9. The monoisotopic (exact) mass is 434 g/mol. The van der Waals surface area contributed by atoms with E-state index in [1.54, 1.807) is 18.3 Å². The number of piperazine rings is 1. The van der Waals surface area contributed by atoms with Crippen LogP contribution in [0, 0.1) is 5.92 Å². The molecule has 1 atom stereocenters. The molecule has 0 spiro atoms. The highest BCUT2D eigenvalue weighted by molar-refractivity contribution is 7.93. The van der Waals surface area contributed by atoms with E-state index in [0.29, 0.717) is 16.1 Å². The van der Waals surface area contributed by atoms with E-state index in [2.05, 4.69) is 14.6 Å². The zero-order valence-corrected chi connectivity index (χ0v) is 18.2. The summed E-state index contributed by atoms with van der Waals surface area (Å²) in [6.07, 6.45) is 4.43. The van der Waals surface area contributed by atoms with Crippen LogP contribution in [0.2, 0.25) is 0 Å². The molecule has 2 fully saturated rings. The lowest BCUT2D eigenvalue weighted by molar-refractivity contribution is 0.0632. The van der Waals surface area contributed by atoms with Crippen LogP contribution >= 0.6 is 0 Å². The number of pyridine rings is 1. The third kappa shape index (κ3) is 4.69. The average molecular weight is 435 g/mol. The zero-order valence-electron chi connectivity index (χ0n) is 17.4. The second kappa shape index (κ2) is 8.86. The summed E-state index contributed by atoms with van der Waals surface area (Å²) in [7, 11) is 0. The lowest BCUT2D eigenvalue weighted by Gasteiger charge is -2.34. The smallest absolute Gasteiger partial charge is 0.253 e. The van der Waals surface area contributed by atoms with Gasteiger partial charge in [-0.1, -0.05) is 18.2 Å². The van der Waals surface area contributed by atoms with Crippen LogP contribution in [0.5, 0.6) is 0 Å². The summed E-state index contributed by atoms with van der Waals surface area (Å²) in [5, 5.41) is 0.952. The standard InChI is InChI=1S/C24H26N4O2S/c29-24(28-15-13-27(14-16-28)17-18-6-7-18)20-8-10-21(11-9-20)26-31(30)22-5-1-3-19-4-2-12-25-23(19)22/h1-5,8-12,18,26H,6-7,13-17H2. The van der Waals surface area contributed by atoms with Crippen molar-refractivity contribution in [1.29, 1.82) is 0 Å². The summed E-state index contributed by atoms with van der Waals surface area (Å²) >= 11 is -1.45. The Morgan fingerprint density at radius 2 is 1.77 bits per heavy atom. The Bertz CT molecular complexity index is 1060. The zero-order chi connectivity index (χ0) is 21.2. The van der Waals surface area contributed by atoms with Crippen molar-refractivity contribution in [3.8, 4) is 0 Å². The fraction of sp³-hybridized carbons (Fsp3) is 0.333. The second-order valence-corrected chi connectivity index (χ2v) is 9.50. The molecule has 2 aliphatic rings. The van der Waals surface area contributed by atoms with Gasteiger partial charge < -0.3 is 9.45 Å². The van der Waals surface area contributed by atoms with Crippen molar-refractivity contribution in [3.05, 3.63) is 66.4 Å². The molecule has 7 heteroatoms. The first-order chi connectivity index (χ1) is 15.2. The van der Waals surface area contributed by atoms with Gasteiger partial charge in [0.05, 0.1) is 5.69 Å². The number of hydrogen-bond acceptors (Lipinski definition) is 5. The number of anilines is 1. The summed E-state index contributed by atoms with van der Waals surface area (Å²) < 4.78 is 15.9. The number of carbonyl (C=O) groups is 1. The maximum atomic E-state index is 12.9. The Balaban J connectivity index is 1.21. The molecule has 160 valence electrons. The molecule has 1 saturated carbocycles. The molecule has 31 heavy (non-hydrogen) atoms. The number of para-hydroxylation sites is 1. The fourth-order valence-electron chi connectivity index (χ4n) is 4.05. The van der Waals surface area contributed by atoms with Crippen LogP contribution in [0.15, 0.2) is 65.7 Å². The Morgan fingerprint density at radius 3 is 2.52 bits per heavy atom. The predicted molar refractivity (Wildman–Crippen MR) is 123 cm³/mol. The number of carbonyl (C=O) groups excluding carboxylic acids is 1. The van der Waals surface area contributed by atoms with E-state index in [4.69, 9.17) is 0 Å². The van der Waals surface area contributed by atoms with Crippen molar-refractivity contribution >= 4 is 33.9 Å². The van der Waals surface area contributed by atoms with E-state index < -0.39 is 11.4 Å². The van der Waals surface area contributed by atoms with Crippen LogP contribution in [-0.4, -0.2) is 58.0 Å². The van der Waals surface area contributed by atoms with Crippen LogP contribution in [-0.2, 0) is 11.4 Å². The van der Waals surface area contributed by atoms with Crippen molar-refractivity contribution in [3.63, 3.8) is 0 Å². The maximum Gasteiger partial charge on any atom is 0.253 e. The Kier molecular flexibility index (Phi) is 5.80. The lowest BCUT2D eigenvalue weighted by atomic mass is 10.1. The third-order valence-electron chi connectivity index (χ3n) is 6.01. The summed E-state index contributed by atoms with van der Waals surface area (Å²) in [4.78, 5) is 22.3. The molecular formula is C24H26N4O2S. The minimum Gasteiger partial charge on any atom is -0.588 e. The van der Waals surface area contributed by atoms with Crippen molar-refractivity contribution in [2.45, 2.75) is 17.7 Å². The Labute approximate surface area is 185 Å². The molecule has 6 nitrogen and oxygen atoms in total. The summed E-state index contributed by atoms with van der Waals surface area (Å²) in [6, 6.07) is 16.7. The van der Waals surface area contributed by atoms with Crippen molar-refractivity contribution in [2.75, 3.05) is 37.4 Å². The molecule has 1 aliphatic heterocycles. The van der Waals surface area contributed by atoms with Gasteiger partial charge in [0.25, 0.3) is 5.91 Å². The normalized spacial score (nSPS) is 18.2. The SMILES string of the molecule is O=C(c1ccc(N[S+]([O-])c2cccc3cccnc23)cc1)N1CCN(CC2CC2)CC1. The predicted octanol–water partition coefficient (Wildman–Crippen LogP) is 3.54. The van der Waals surface area contributed by atoms with Crippen LogP contribution in [0.25, 0.3) is 10.9 Å². The molecule has 1 N–H and O–H groups in total.